The number of nitrogens with zero attached hydrogens (tertiary/aromatic N) is 5. The maximum atomic E-state index is 15.0. The van der Waals surface area contributed by atoms with Crippen LogP contribution in [0.4, 0.5) is 10.3 Å². The third-order valence-electron chi connectivity index (χ3n) is 7.46. The zero-order chi connectivity index (χ0) is 26.8. The molecule has 4 heterocycles. The Balaban J connectivity index is 1.51. The van der Waals surface area contributed by atoms with Crippen LogP contribution in [0.2, 0.25) is 0 Å². The summed E-state index contributed by atoms with van der Waals surface area (Å²) in [5.74, 6) is -0.254. The molecular formula is C28H33FN6O3. The van der Waals surface area contributed by atoms with E-state index in [1.165, 1.54) is 0 Å². The van der Waals surface area contributed by atoms with Crippen LogP contribution in [-0.4, -0.2) is 63.0 Å². The lowest BCUT2D eigenvalue weighted by atomic mass is 9.98. The molecule has 2 aromatic heterocycles. The first-order chi connectivity index (χ1) is 18.3. The molecule has 1 aromatic carbocycles. The first kappa shape index (κ1) is 26.2. The summed E-state index contributed by atoms with van der Waals surface area (Å²) in [7, 11) is 0. The van der Waals surface area contributed by atoms with Crippen LogP contribution in [0, 0.1) is 23.1 Å². The third kappa shape index (κ3) is 5.41. The van der Waals surface area contributed by atoms with Crippen molar-refractivity contribution < 1.29 is 14.2 Å². The van der Waals surface area contributed by atoms with E-state index < -0.39 is 11.9 Å². The third-order valence-corrected chi connectivity index (χ3v) is 7.46. The fourth-order valence-corrected chi connectivity index (χ4v) is 5.42. The normalized spacial score (nSPS) is 21.1. The number of aliphatic hydroxyl groups excluding tert-OH is 1. The van der Waals surface area contributed by atoms with Crippen LogP contribution < -0.4 is 10.7 Å². The second kappa shape index (κ2) is 11.2. The van der Waals surface area contributed by atoms with Crippen molar-refractivity contribution in [1.29, 1.82) is 5.26 Å². The first-order valence-electron chi connectivity index (χ1n) is 13.2. The lowest BCUT2D eigenvalue weighted by Gasteiger charge is -2.31. The zero-order valence-corrected chi connectivity index (χ0v) is 21.7. The van der Waals surface area contributed by atoms with E-state index in [-0.39, 0.29) is 41.7 Å². The van der Waals surface area contributed by atoms with Gasteiger partial charge in [0.15, 0.2) is 11.2 Å². The number of hydrogen-bond donors (Lipinski definition) is 2. The van der Waals surface area contributed by atoms with Gasteiger partial charge in [0.2, 0.25) is 5.95 Å². The fourth-order valence-electron chi connectivity index (χ4n) is 5.42. The minimum atomic E-state index is -0.703. The predicted octanol–water partition coefficient (Wildman–Crippen LogP) is 3.48. The van der Waals surface area contributed by atoms with Crippen molar-refractivity contribution in [2.24, 2.45) is 5.92 Å². The predicted molar refractivity (Wildman–Crippen MR) is 142 cm³/mol. The summed E-state index contributed by atoms with van der Waals surface area (Å²) >= 11 is 0. The van der Waals surface area contributed by atoms with E-state index in [9.17, 15) is 19.6 Å². The molecule has 2 aliphatic heterocycles. The minimum absolute atomic E-state index is 0.0579. The van der Waals surface area contributed by atoms with Crippen LogP contribution in [0.15, 0.2) is 35.3 Å². The quantitative estimate of drug-likeness (QED) is 0.508. The van der Waals surface area contributed by atoms with Crippen molar-refractivity contribution in [1.82, 2.24) is 19.4 Å². The lowest BCUT2D eigenvalue weighted by molar-refractivity contribution is -0.0136. The van der Waals surface area contributed by atoms with E-state index >= 15 is 0 Å². The number of pyridine rings is 1. The maximum absolute atomic E-state index is 15.0. The minimum Gasteiger partial charge on any atom is -0.389 e. The average Bonchev–Trinajstić information content (AvgIpc) is 2.91. The van der Waals surface area contributed by atoms with Crippen molar-refractivity contribution >= 4 is 16.9 Å². The van der Waals surface area contributed by atoms with E-state index in [1.54, 1.807) is 18.2 Å². The van der Waals surface area contributed by atoms with Crippen LogP contribution in [0.5, 0.6) is 0 Å². The molecule has 200 valence electrons. The SMILES string of the molecule is CC(C)n1c(CN2CCC(C#N)CC2)cc(=O)c2ccc(-c3nc(N[C@@H]4CCOC[C@H]4O)ncc3F)cc21. The van der Waals surface area contributed by atoms with Crippen molar-refractivity contribution in [2.75, 3.05) is 31.6 Å². The second-order valence-electron chi connectivity index (χ2n) is 10.4. The number of anilines is 1. The van der Waals surface area contributed by atoms with Crippen molar-refractivity contribution in [3.05, 3.63) is 52.2 Å². The Kier molecular flexibility index (Phi) is 7.70. The number of rotatable bonds is 6. The highest BCUT2D eigenvalue weighted by atomic mass is 19.1. The number of nitriles is 1. The average molecular weight is 521 g/mol. The Morgan fingerprint density at radius 2 is 2.05 bits per heavy atom. The van der Waals surface area contributed by atoms with E-state index in [2.05, 4.69) is 44.7 Å². The number of aliphatic hydroxyl groups is 1. The number of halogens is 1. The van der Waals surface area contributed by atoms with Crippen LogP contribution in [-0.2, 0) is 11.3 Å². The van der Waals surface area contributed by atoms with Gasteiger partial charge in [-0.05, 0) is 58.3 Å². The zero-order valence-electron chi connectivity index (χ0n) is 21.7. The van der Waals surface area contributed by atoms with Gasteiger partial charge in [-0.15, -0.1) is 0 Å². The van der Waals surface area contributed by atoms with Crippen molar-refractivity contribution in [2.45, 2.75) is 57.8 Å². The molecule has 9 nitrogen and oxygen atoms in total. The molecule has 2 N–H and O–H groups in total. The number of fused-ring (bicyclic) bond motifs is 1. The standard InChI is InChI=1S/C28H33FN6O3/c1-17(2)35-20(15-34-8-5-18(13-30)6-9-34)12-25(36)21-4-3-19(11-24(21)35)27-22(29)14-31-28(33-27)32-23-7-10-38-16-26(23)37/h3-4,11-12,14,17-18,23,26,37H,5-10,15-16H2,1-2H3,(H,31,32,33)/t23-,26-/m1/s1. The van der Waals surface area contributed by atoms with Gasteiger partial charge in [-0.3, -0.25) is 9.69 Å². The molecule has 0 radical (unpaired) electrons. The summed E-state index contributed by atoms with van der Waals surface area (Å²) in [4.78, 5) is 23.9. The summed E-state index contributed by atoms with van der Waals surface area (Å²) in [5.41, 5.74) is 2.19. The molecule has 0 unspecified atom stereocenters. The summed E-state index contributed by atoms with van der Waals surface area (Å²) in [6.45, 7) is 7.09. The molecular weight excluding hydrogens is 487 g/mol. The van der Waals surface area contributed by atoms with Crippen molar-refractivity contribution in [3.8, 4) is 17.3 Å². The Hall–Kier alpha value is -3.39. The van der Waals surface area contributed by atoms with Gasteiger partial charge in [0, 0.05) is 47.8 Å². The number of benzene rings is 1. The highest BCUT2D eigenvalue weighted by Crippen LogP contribution is 2.28. The Labute approximate surface area is 220 Å². The summed E-state index contributed by atoms with van der Waals surface area (Å²) in [5, 5.41) is 23.1. The van der Waals surface area contributed by atoms with Gasteiger partial charge in [0.1, 0.15) is 5.69 Å². The van der Waals surface area contributed by atoms with E-state index in [1.807, 2.05) is 6.07 Å². The monoisotopic (exact) mass is 520 g/mol. The number of likely N-dealkylation sites (tertiary alicyclic amines) is 1. The van der Waals surface area contributed by atoms with Gasteiger partial charge in [0.25, 0.3) is 0 Å². The summed E-state index contributed by atoms with van der Waals surface area (Å²) < 4.78 is 22.4. The first-order valence-corrected chi connectivity index (χ1v) is 13.2. The van der Waals surface area contributed by atoms with E-state index in [4.69, 9.17) is 4.74 Å². The topological polar surface area (TPSA) is 116 Å². The number of piperidine rings is 1. The fraction of sp³-hybridized carbons (Fsp3) is 0.500. The molecule has 0 aliphatic carbocycles. The van der Waals surface area contributed by atoms with E-state index in [0.29, 0.717) is 30.5 Å². The molecule has 0 saturated carbocycles. The van der Waals surface area contributed by atoms with Gasteiger partial charge >= 0.3 is 0 Å². The molecule has 0 spiro atoms. The molecule has 2 saturated heterocycles. The van der Waals surface area contributed by atoms with Gasteiger partial charge in [-0.25, -0.2) is 14.4 Å². The molecule has 10 heteroatoms. The largest absolute Gasteiger partial charge is 0.389 e. The second-order valence-corrected chi connectivity index (χ2v) is 10.4. The molecule has 3 aromatic rings. The highest BCUT2D eigenvalue weighted by molar-refractivity contribution is 5.84. The number of hydrogen-bond acceptors (Lipinski definition) is 8. The van der Waals surface area contributed by atoms with Crippen LogP contribution in [0.3, 0.4) is 0 Å². The van der Waals surface area contributed by atoms with E-state index in [0.717, 1.165) is 43.3 Å². The lowest BCUT2D eigenvalue weighted by Crippen LogP contribution is -2.42. The Bertz CT molecular complexity index is 1410. The van der Waals surface area contributed by atoms with Crippen molar-refractivity contribution in [3.63, 3.8) is 0 Å². The molecule has 2 fully saturated rings. The molecule has 0 amide bonds. The number of ether oxygens (including phenoxy) is 1. The van der Waals surface area contributed by atoms with Crippen LogP contribution >= 0.6 is 0 Å². The summed E-state index contributed by atoms with van der Waals surface area (Å²) in [6, 6.07) is 9.09. The molecule has 5 rings (SSSR count). The molecule has 38 heavy (non-hydrogen) atoms. The van der Waals surface area contributed by atoms with Gasteiger partial charge in [-0.1, -0.05) is 6.07 Å². The molecule has 2 atom stereocenters. The van der Waals surface area contributed by atoms with Gasteiger partial charge in [0.05, 0.1) is 36.5 Å². The van der Waals surface area contributed by atoms with Gasteiger partial charge in [-0.2, -0.15) is 5.26 Å². The maximum Gasteiger partial charge on any atom is 0.223 e. The Morgan fingerprint density at radius 3 is 2.76 bits per heavy atom. The number of nitrogens with one attached hydrogen (secondary N) is 1. The smallest absolute Gasteiger partial charge is 0.223 e. The highest BCUT2D eigenvalue weighted by Gasteiger charge is 2.25. The van der Waals surface area contributed by atoms with Gasteiger partial charge < -0.3 is 19.7 Å². The van der Waals surface area contributed by atoms with Crippen LogP contribution in [0.1, 0.15) is 44.8 Å². The molecule has 0 bridgehead atoms. The summed E-state index contributed by atoms with van der Waals surface area (Å²) in [6.07, 6.45) is 2.66. The van der Waals surface area contributed by atoms with Crippen LogP contribution in [0.25, 0.3) is 22.2 Å². The molecule has 2 aliphatic rings. The Morgan fingerprint density at radius 1 is 1.26 bits per heavy atom. The number of aromatic nitrogens is 3.